The summed E-state index contributed by atoms with van der Waals surface area (Å²) in [4.78, 5) is 22.2. The Bertz CT molecular complexity index is 876. The molecule has 1 aromatic carbocycles. The number of carbonyl (C=O) groups excluding carboxylic acids is 1. The molecule has 0 radical (unpaired) electrons. The predicted octanol–water partition coefficient (Wildman–Crippen LogP) is 1.10. The number of aryl methyl sites for hydroxylation is 1. The van der Waals surface area contributed by atoms with Crippen LogP contribution >= 0.6 is 0 Å². The molecule has 31 heavy (non-hydrogen) atoms. The van der Waals surface area contributed by atoms with Crippen LogP contribution in [0.4, 0.5) is 0 Å². The highest BCUT2D eigenvalue weighted by atomic mass is 16.5. The molecule has 0 bridgehead atoms. The molecule has 168 valence electrons. The maximum absolute atomic E-state index is 11.5. The molecular weight excluding hydrogens is 394 g/mol. The van der Waals surface area contributed by atoms with Gasteiger partial charge in [0.2, 0.25) is 5.91 Å². The van der Waals surface area contributed by atoms with Gasteiger partial charge in [0, 0.05) is 78.7 Å². The summed E-state index contributed by atoms with van der Waals surface area (Å²) in [5.41, 5.74) is 0.535. The van der Waals surface area contributed by atoms with Crippen LogP contribution in [0.2, 0.25) is 0 Å². The Morgan fingerprint density at radius 3 is 2.52 bits per heavy atom. The smallest absolute Gasteiger partial charge is 0.219 e. The Kier molecular flexibility index (Phi) is 6.60. The second-order valence-corrected chi connectivity index (χ2v) is 8.85. The van der Waals surface area contributed by atoms with Crippen LogP contribution in [-0.4, -0.2) is 86.7 Å². The molecular formula is C23H33N5O3. The molecule has 1 amide bonds. The van der Waals surface area contributed by atoms with Crippen LogP contribution in [0.15, 0.2) is 36.7 Å². The van der Waals surface area contributed by atoms with E-state index in [2.05, 4.69) is 26.9 Å². The zero-order valence-corrected chi connectivity index (χ0v) is 18.5. The second kappa shape index (κ2) is 9.38. The molecule has 2 aliphatic rings. The van der Waals surface area contributed by atoms with Crippen molar-refractivity contribution in [3.63, 3.8) is 0 Å². The van der Waals surface area contributed by atoms with Gasteiger partial charge in [0.15, 0.2) is 0 Å². The summed E-state index contributed by atoms with van der Waals surface area (Å²) in [5.74, 6) is 1.86. The molecule has 1 N–H and O–H groups in total. The number of hydrogen-bond acceptors (Lipinski definition) is 6. The molecule has 2 saturated heterocycles. The quantitative estimate of drug-likeness (QED) is 0.713. The Morgan fingerprint density at radius 2 is 1.87 bits per heavy atom. The summed E-state index contributed by atoms with van der Waals surface area (Å²) in [6.45, 7) is 8.31. The van der Waals surface area contributed by atoms with Crippen molar-refractivity contribution in [1.82, 2.24) is 24.3 Å². The average Bonchev–Trinajstić information content (AvgIpc) is 3.33. The molecule has 3 heterocycles. The first-order valence-corrected chi connectivity index (χ1v) is 11.0. The first-order valence-electron chi connectivity index (χ1n) is 11.0. The molecule has 2 fully saturated rings. The van der Waals surface area contributed by atoms with Crippen LogP contribution in [0.1, 0.15) is 24.7 Å². The van der Waals surface area contributed by atoms with Gasteiger partial charge in [0.1, 0.15) is 18.2 Å². The maximum atomic E-state index is 11.5. The van der Waals surface area contributed by atoms with Gasteiger partial charge in [0.05, 0.1) is 5.60 Å². The lowest BCUT2D eigenvalue weighted by molar-refractivity contribution is -0.130. The third-order valence-corrected chi connectivity index (χ3v) is 6.37. The van der Waals surface area contributed by atoms with Crippen LogP contribution in [0.25, 0.3) is 0 Å². The second-order valence-electron chi connectivity index (χ2n) is 8.85. The van der Waals surface area contributed by atoms with Crippen molar-refractivity contribution in [3.8, 4) is 5.75 Å². The van der Waals surface area contributed by atoms with Crippen molar-refractivity contribution >= 4 is 5.91 Å². The van der Waals surface area contributed by atoms with Gasteiger partial charge in [-0.15, -0.1) is 0 Å². The summed E-state index contributed by atoms with van der Waals surface area (Å²) in [7, 11) is 1.96. The van der Waals surface area contributed by atoms with Crippen LogP contribution in [0, 0.1) is 0 Å². The third-order valence-electron chi connectivity index (χ3n) is 6.37. The van der Waals surface area contributed by atoms with E-state index in [0.717, 1.165) is 57.3 Å². The van der Waals surface area contributed by atoms with Gasteiger partial charge in [-0.05, 0) is 24.1 Å². The summed E-state index contributed by atoms with van der Waals surface area (Å²) >= 11 is 0. The third kappa shape index (κ3) is 5.64. The molecule has 0 unspecified atom stereocenters. The fraction of sp³-hybridized carbons (Fsp3) is 0.565. The summed E-state index contributed by atoms with van der Waals surface area (Å²) in [6, 6.07) is 8.17. The van der Waals surface area contributed by atoms with Crippen LogP contribution in [0.3, 0.4) is 0 Å². The van der Waals surface area contributed by atoms with Crippen molar-refractivity contribution < 1.29 is 14.6 Å². The maximum Gasteiger partial charge on any atom is 0.219 e. The number of benzene rings is 1. The Hall–Kier alpha value is -2.42. The minimum atomic E-state index is -0.677. The molecule has 0 saturated carbocycles. The van der Waals surface area contributed by atoms with E-state index >= 15 is 0 Å². The minimum absolute atomic E-state index is 0.137. The highest BCUT2D eigenvalue weighted by molar-refractivity contribution is 5.73. The lowest BCUT2D eigenvalue weighted by atomic mass is 10.0. The molecule has 2 aliphatic heterocycles. The molecule has 2 aromatic rings. The topological polar surface area (TPSA) is 74.1 Å². The SMILES string of the molecule is CC(=O)N1CCN(C[C@]2(O)CCN(Cc3ccc(OCc4nccn4C)cc3)C2)CC1. The van der Waals surface area contributed by atoms with Crippen molar-refractivity contribution in [2.24, 2.45) is 7.05 Å². The van der Waals surface area contributed by atoms with Crippen LogP contribution in [0.5, 0.6) is 5.75 Å². The van der Waals surface area contributed by atoms with Gasteiger partial charge < -0.3 is 19.3 Å². The van der Waals surface area contributed by atoms with E-state index in [1.807, 2.05) is 34.8 Å². The monoisotopic (exact) mass is 427 g/mol. The van der Waals surface area contributed by atoms with E-state index < -0.39 is 5.60 Å². The number of β-amino-alcohol motifs (C(OH)–C–C–N with tert-alkyl or cyclic N) is 1. The number of aliphatic hydroxyl groups is 1. The fourth-order valence-electron chi connectivity index (χ4n) is 4.47. The van der Waals surface area contributed by atoms with Gasteiger partial charge in [-0.2, -0.15) is 0 Å². The molecule has 1 atom stereocenters. The van der Waals surface area contributed by atoms with Crippen LogP contribution in [-0.2, 0) is 25.0 Å². The molecule has 1 aromatic heterocycles. The number of piperazine rings is 1. The van der Waals surface area contributed by atoms with Crippen molar-refractivity contribution in [2.75, 3.05) is 45.8 Å². The molecule has 0 aliphatic carbocycles. The van der Waals surface area contributed by atoms with Crippen molar-refractivity contribution in [2.45, 2.75) is 32.1 Å². The number of rotatable bonds is 7. The number of ether oxygens (including phenoxy) is 1. The predicted molar refractivity (Wildman–Crippen MR) is 118 cm³/mol. The van der Waals surface area contributed by atoms with Crippen molar-refractivity contribution in [1.29, 1.82) is 0 Å². The zero-order chi connectivity index (χ0) is 21.8. The highest BCUT2D eigenvalue weighted by Crippen LogP contribution is 2.25. The first-order chi connectivity index (χ1) is 14.9. The van der Waals surface area contributed by atoms with E-state index in [0.29, 0.717) is 19.7 Å². The number of imidazole rings is 1. The zero-order valence-electron chi connectivity index (χ0n) is 18.5. The van der Waals surface area contributed by atoms with Gasteiger partial charge in [-0.1, -0.05) is 12.1 Å². The molecule has 8 heteroatoms. The lowest BCUT2D eigenvalue weighted by Gasteiger charge is -2.38. The number of amides is 1. The summed E-state index contributed by atoms with van der Waals surface area (Å²) < 4.78 is 7.78. The van der Waals surface area contributed by atoms with E-state index in [4.69, 9.17) is 4.74 Å². The largest absolute Gasteiger partial charge is 0.486 e. The van der Waals surface area contributed by atoms with Crippen molar-refractivity contribution in [3.05, 3.63) is 48.0 Å². The summed E-state index contributed by atoms with van der Waals surface area (Å²) in [5, 5.41) is 11.1. The highest BCUT2D eigenvalue weighted by Gasteiger charge is 2.38. The van der Waals surface area contributed by atoms with Gasteiger partial charge in [-0.3, -0.25) is 14.6 Å². The number of carbonyl (C=O) groups is 1. The van der Waals surface area contributed by atoms with Gasteiger partial charge in [-0.25, -0.2) is 4.98 Å². The fourth-order valence-corrected chi connectivity index (χ4v) is 4.47. The van der Waals surface area contributed by atoms with Gasteiger partial charge in [0.25, 0.3) is 0 Å². The number of nitrogens with zero attached hydrogens (tertiary/aromatic N) is 5. The normalized spacial score (nSPS) is 22.7. The Balaban J connectivity index is 1.23. The lowest BCUT2D eigenvalue weighted by Crippen LogP contribution is -2.53. The Morgan fingerprint density at radius 1 is 1.13 bits per heavy atom. The first kappa shape index (κ1) is 21.8. The number of likely N-dealkylation sites (tertiary alicyclic amines) is 1. The molecule has 4 rings (SSSR count). The van der Waals surface area contributed by atoms with Gasteiger partial charge >= 0.3 is 0 Å². The molecule has 8 nitrogen and oxygen atoms in total. The molecule has 0 spiro atoms. The Labute approximate surface area is 184 Å². The van der Waals surface area contributed by atoms with E-state index in [9.17, 15) is 9.90 Å². The summed E-state index contributed by atoms with van der Waals surface area (Å²) in [6.07, 6.45) is 4.46. The van der Waals surface area contributed by atoms with E-state index in [1.54, 1.807) is 13.1 Å². The number of hydrogen-bond donors (Lipinski definition) is 1. The average molecular weight is 428 g/mol. The van der Waals surface area contributed by atoms with Crippen LogP contribution < -0.4 is 4.74 Å². The van der Waals surface area contributed by atoms with E-state index in [1.165, 1.54) is 5.56 Å². The number of aromatic nitrogens is 2. The minimum Gasteiger partial charge on any atom is -0.486 e. The van der Waals surface area contributed by atoms with E-state index in [-0.39, 0.29) is 5.91 Å². The standard InChI is InChI=1S/C23H33N5O3/c1-19(29)28-13-11-26(12-14-28)17-23(30)7-9-27(18-23)15-20-3-5-21(6-4-20)31-16-22-24-8-10-25(22)2/h3-6,8,10,30H,7,9,11-18H2,1-2H3/t23-/m1/s1.